The van der Waals surface area contributed by atoms with Gasteiger partial charge in [0.1, 0.15) is 10.6 Å². The van der Waals surface area contributed by atoms with Crippen LogP contribution in [0.15, 0.2) is 199 Å². The molecule has 4 heteroatoms. The van der Waals surface area contributed by atoms with Crippen molar-refractivity contribution >= 4 is 82.1 Å². The van der Waals surface area contributed by atoms with Crippen molar-refractivity contribution in [3.05, 3.63) is 194 Å². The van der Waals surface area contributed by atoms with Crippen LogP contribution >= 0.6 is 11.3 Å². The van der Waals surface area contributed by atoms with Crippen molar-refractivity contribution in [1.82, 2.24) is 4.98 Å². The van der Waals surface area contributed by atoms with Gasteiger partial charge in [-0.2, -0.15) is 0 Å². The largest absolute Gasteiger partial charge is 0.454 e. The molecule has 0 fully saturated rings. The van der Waals surface area contributed by atoms with Crippen molar-refractivity contribution in [2.24, 2.45) is 0 Å². The molecule has 0 radical (unpaired) electrons. The van der Waals surface area contributed by atoms with Gasteiger partial charge in [-0.25, -0.2) is 4.98 Å². The monoisotopic (exact) mass is 720 g/mol. The van der Waals surface area contributed by atoms with E-state index in [-0.39, 0.29) is 0 Å². The van der Waals surface area contributed by atoms with Gasteiger partial charge in [-0.3, -0.25) is 0 Å². The van der Waals surface area contributed by atoms with E-state index >= 15 is 0 Å². The van der Waals surface area contributed by atoms with Gasteiger partial charge < -0.3 is 9.32 Å². The maximum atomic E-state index is 7.05. The van der Waals surface area contributed by atoms with E-state index in [0.717, 1.165) is 77.0 Å². The zero-order valence-electron chi connectivity index (χ0n) is 29.7. The van der Waals surface area contributed by atoms with Gasteiger partial charge >= 0.3 is 0 Å². The quantitative estimate of drug-likeness (QED) is 0.171. The summed E-state index contributed by atoms with van der Waals surface area (Å²) < 4.78 is 8.23. The molecular weight excluding hydrogens is 689 g/mol. The Morgan fingerprint density at radius 3 is 1.87 bits per heavy atom. The second-order valence-electron chi connectivity index (χ2n) is 14.0. The normalized spacial score (nSPS) is 11.6. The first-order valence-corrected chi connectivity index (χ1v) is 19.3. The van der Waals surface area contributed by atoms with Crippen LogP contribution in [0.2, 0.25) is 0 Å². The molecule has 0 saturated heterocycles. The number of rotatable bonds is 6. The first-order chi connectivity index (χ1) is 27.2. The van der Waals surface area contributed by atoms with Crippen molar-refractivity contribution in [3.63, 3.8) is 0 Å². The zero-order valence-corrected chi connectivity index (χ0v) is 30.5. The number of hydrogen-bond acceptors (Lipinski definition) is 4. The highest BCUT2D eigenvalue weighted by Gasteiger charge is 2.23. The smallest absolute Gasteiger partial charge is 0.160 e. The first kappa shape index (κ1) is 31.5. The highest BCUT2D eigenvalue weighted by atomic mass is 32.1. The van der Waals surface area contributed by atoms with E-state index in [4.69, 9.17) is 9.40 Å². The molecule has 0 bridgehead atoms. The minimum atomic E-state index is 0.852. The van der Waals surface area contributed by atoms with E-state index < -0.39 is 0 Å². The summed E-state index contributed by atoms with van der Waals surface area (Å²) in [6.45, 7) is 0. The Kier molecular flexibility index (Phi) is 7.35. The molecule has 0 N–H and O–H groups in total. The van der Waals surface area contributed by atoms with Gasteiger partial charge in [0.25, 0.3) is 0 Å². The summed E-state index contributed by atoms with van der Waals surface area (Å²) in [5.74, 6) is 0. The molecule has 9 aromatic carbocycles. The molecule has 0 aliphatic heterocycles. The third kappa shape index (κ3) is 5.46. The summed E-state index contributed by atoms with van der Waals surface area (Å²) in [5, 5.41) is 7.88. The minimum Gasteiger partial charge on any atom is -0.454 e. The van der Waals surface area contributed by atoms with E-state index in [2.05, 4.69) is 193 Å². The second-order valence-corrected chi connectivity index (χ2v) is 15.0. The number of fused-ring (bicyclic) bond motifs is 6. The van der Waals surface area contributed by atoms with E-state index in [9.17, 15) is 0 Å². The fourth-order valence-corrected chi connectivity index (χ4v) is 8.87. The molecule has 0 aliphatic rings. The lowest BCUT2D eigenvalue weighted by Crippen LogP contribution is -2.11. The molecule has 0 amide bonds. The Hall–Kier alpha value is -7.01. The van der Waals surface area contributed by atoms with Crippen LogP contribution in [0.1, 0.15) is 0 Å². The summed E-state index contributed by atoms with van der Waals surface area (Å²) in [5.41, 5.74) is 11.6. The lowest BCUT2D eigenvalue weighted by atomic mass is 9.99. The fourth-order valence-electron chi connectivity index (χ4n) is 7.92. The maximum absolute atomic E-state index is 7.05. The highest BCUT2D eigenvalue weighted by molar-refractivity contribution is 7.21. The molecule has 11 aromatic rings. The Balaban J connectivity index is 1.10. The van der Waals surface area contributed by atoms with Crippen LogP contribution in [0.25, 0.3) is 86.5 Å². The lowest BCUT2D eigenvalue weighted by Gasteiger charge is -2.27. The minimum absolute atomic E-state index is 0.852. The summed E-state index contributed by atoms with van der Waals surface area (Å²) in [7, 11) is 0. The summed E-state index contributed by atoms with van der Waals surface area (Å²) >= 11 is 1.73. The third-order valence-corrected chi connectivity index (χ3v) is 11.7. The number of anilines is 3. The molecule has 258 valence electrons. The topological polar surface area (TPSA) is 29.3 Å². The van der Waals surface area contributed by atoms with Crippen molar-refractivity contribution < 1.29 is 4.42 Å². The van der Waals surface area contributed by atoms with Crippen molar-refractivity contribution in [2.75, 3.05) is 4.90 Å². The average molecular weight is 721 g/mol. The SMILES string of the molecule is c1ccc(-c2ccc(N(c3ccc4ccccc4c3)c3c4ccccc4cc4c3oc3cc(-c5ccc6sc(-c7ccccc7)nc6c5)ccc34)cc2)cc1. The standard InChI is InChI=1S/C51H32N2OS/c1-3-11-33(12-4-1)35-19-24-41(25-20-35)53(42-26-21-34-13-7-8-16-37(34)29-42)49-43-18-10-9-17-40(43)30-45-44-27-22-39(32-47(44)54-50(45)49)38-23-28-48-46(31-38)52-51(55-48)36-14-5-2-6-15-36/h1-32H. The molecule has 2 aromatic heterocycles. The van der Waals surface area contributed by atoms with Crippen molar-refractivity contribution in [2.45, 2.75) is 0 Å². The summed E-state index contributed by atoms with van der Waals surface area (Å²) in [6.07, 6.45) is 0. The van der Waals surface area contributed by atoms with Gasteiger partial charge in [0.2, 0.25) is 0 Å². The Labute approximate surface area is 322 Å². The van der Waals surface area contributed by atoms with E-state index in [1.165, 1.54) is 26.6 Å². The molecule has 0 saturated carbocycles. The average Bonchev–Trinajstić information content (AvgIpc) is 3.85. The summed E-state index contributed by atoms with van der Waals surface area (Å²) in [4.78, 5) is 7.39. The molecule has 0 atom stereocenters. The van der Waals surface area contributed by atoms with Crippen LogP contribution in [0.5, 0.6) is 0 Å². The number of hydrogen-bond donors (Lipinski definition) is 0. The van der Waals surface area contributed by atoms with E-state index in [1.807, 2.05) is 6.07 Å². The number of furan rings is 1. The number of aromatic nitrogens is 1. The highest BCUT2D eigenvalue weighted by Crippen LogP contribution is 2.47. The Morgan fingerprint density at radius 2 is 1.05 bits per heavy atom. The van der Waals surface area contributed by atoms with Crippen LogP contribution in [0, 0.1) is 0 Å². The van der Waals surface area contributed by atoms with Crippen molar-refractivity contribution in [1.29, 1.82) is 0 Å². The van der Waals surface area contributed by atoms with Gasteiger partial charge in [0.15, 0.2) is 5.58 Å². The predicted octanol–water partition coefficient (Wildman–Crippen LogP) is 15.0. The maximum Gasteiger partial charge on any atom is 0.160 e. The van der Waals surface area contributed by atoms with Crippen LogP contribution < -0.4 is 4.90 Å². The zero-order chi connectivity index (χ0) is 36.3. The predicted molar refractivity (Wildman–Crippen MR) is 233 cm³/mol. The second kappa shape index (κ2) is 12.8. The number of thiazole rings is 1. The van der Waals surface area contributed by atoms with Crippen LogP contribution in [-0.4, -0.2) is 4.98 Å². The van der Waals surface area contributed by atoms with Gasteiger partial charge in [0.05, 0.1) is 15.9 Å². The lowest BCUT2D eigenvalue weighted by molar-refractivity contribution is 0.670. The van der Waals surface area contributed by atoms with Crippen LogP contribution in [0.3, 0.4) is 0 Å². The van der Waals surface area contributed by atoms with Gasteiger partial charge in [-0.1, -0.05) is 140 Å². The molecule has 0 aliphatic carbocycles. The van der Waals surface area contributed by atoms with Gasteiger partial charge in [-0.05, 0) is 93.0 Å². The number of benzene rings is 9. The Bertz CT molecular complexity index is 3200. The van der Waals surface area contributed by atoms with E-state index in [0.29, 0.717) is 0 Å². The Morgan fingerprint density at radius 1 is 0.418 bits per heavy atom. The molecular formula is C51H32N2OS. The van der Waals surface area contributed by atoms with Gasteiger partial charge in [0, 0.05) is 33.1 Å². The van der Waals surface area contributed by atoms with Crippen LogP contribution in [-0.2, 0) is 0 Å². The molecule has 55 heavy (non-hydrogen) atoms. The third-order valence-electron chi connectivity index (χ3n) is 10.6. The molecule has 11 rings (SSSR count). The first-order valence-electron chi connectivity index (χ1n) is 18.5. The van der Waals surface area contributed by atoms with Crippen molar-refractivity contribution in [3.8, 4) is 32.8 Å². The molecule has 0 spiro atoms. The fraction of sp³-hybridized carbons (Fsp3) is 0. The number of nitrogens with zero attached hydrogens (tertiary/aromatic N) is 2. The van der Waals surface area contributed by atoms with Gasteiger partial charge in [-0.15, -0.1) is 11.3 Å². The molecule has 0 unspecified atom stereocenters. The van der Waals surface area contributed by atoms with Crippen LogP contribution in [0.4, 0.5) is 17.1 Å². The molecule has 3 nitrogen and oxygen atoms in total. The van der Waals surface area contributed by atoms with E-state index in [1.54, 1.807) is 11.3 Å². The molecule has 2 heterocycles. The summed E-state index contributed by atoms with van der Waals surface area (Å²) in [6, 6.07) is 69.2.